The first-order valence-corrected chi connectivity index (χ1v) is 7.84. The van der Waals surface area contributed by atoms with Crippen LogP contribution in [-0.4, -0.2) is 55.0 Å². The minimum atomic E-state index is -0.636. The number of benzene rings is 1. The van der Waals surface area contributed by atoms with Gasteiger partial charge in [0.1, 0.15) is 6.04 Å². The van der Waals surface area contributed by atoms with Gasteiger partial charge in [0.05, 0.1) is 19.1 Å². The minimum absolute atomic E-state index is 0.281. The van der Waals surface area contributed by atoms with Crippen molar-refractivity contribution >= 4 is 23.6 Å². The number of carbonyl (C=O) groups is 2. The summed E-state index contributed by atoms with van der Waals surface area (Å²) in [5.41, 5.74) is 2.00. The highest BCUT2D eigenvalue weighted by Gasteiger charge is 2.38. The quantitative estimate of drug-likeness (QED) is 0.479. The summed E-state index contributed by atoms with van der Waals surface area (Å²) in [5.74, 6) is 0.169. The van der Waals surface area contributed by atoms with E-state index in [9.17, 15) is 9.59 Å². The number of methoxy groups -OCH3 is 2. The van der Waals surface area contributed by atoms with E-state index in [4.69, 9.17) is 14.7 Å². The second-order valence-corrected chi connectivity index (χ2v) is 5.54. The van der Waals surface area contributed by atoms with E-state index >= 15 is 0 Å². The van der Waals surface area contributed by atoms with Gasteiger partial charge in [-0.1, -0.05) is 0 Å². The van der Waals surface area contributed by atoms with Crippen molar-refractivity contribution in [3.63, 3.8) is 0 Å². The fourth-order valence-electron chi connectivity index (χ4n) is 2.35. The zero-order valence-electron chi connectivity index (χ0n) is 12.6. The van der Waals surface area contributed by atoms with Crippen LogP contribution in [0.3, 0.4) is 0 Å². The molecule has 120 valence electrons. The topological polar surface area (TPSA) is 88.1 Å². The molecule has 1 saturated heterocycles. The van der Waals surface area contributed by atoms with Crippen molar-refractivity contribution < 1.29 is 24.3 Å². The molecule has 7 nitrogen and oxygen atoms in total. The monoisotopic (exact) mass is 326 g/mol. The zero-order valence-corrected chi connectivity index (χ0v) is 13.4. The van der Waals surface area contributed by atoms with Gasteiger partial charge in [-0.05, 0) is 24.8 Å². The van der Waals surface area contributed by atoms with Crippen molar-refractivity contribution in [3.05, 3.63) is 17.7 Å². The number of ether oxygens (including phenoxy) is 2. The van der Waals surface area contributed by atoms with E-state index in [1.807, 2.05) is 6.26 Å². The Balaban J connectivity index is 2.32. The summed E-state index contributed by atoms with van der Waals surface area (Å²) in [5, 5.41) is 8.70. The Hall–Kier alpha value is -1.93. The number of carbonyl (C=O) groups excluding carboxylic acids is 2. The molecule has 0 bridgehead atoms. The van der Waals surface area contributed by atoms with Crippen LogP contribution in [0.4, 0.5) is 0 Å². The van der Waals surface area contributed by atoms with Crippen molar-refractivity contribution in [3.8, 4) is 11.5 Å². The minimum Gasteiger partial charge on any atom is -0.493 e. The Morgan fingerprint density at radius 2 is 2.09 bits per heavy atom. The molecule has 0 spiro atoms. The van der Waals surface area contributed by atoms with Gasteiger partial charge in [0.2, 0.25) is 0 Å². The van der Waals surface area contributed by atoms with Crippen LogP contribution in [0, 0.1) is 0 Å². The van der Waals surface area contributed by atoms with Crippen molar-refractivity contribution in [1.82, 2.24) is 10.4 Å². The van der Waals surface area contributed by atoms with Gasteiger partial charge in [-0.2, -0.15) is 0 Å². The smallest absolute Gasteiger partial charge is 0.266 e. The van der Waals surface area contributed by atoms with E-state index < -0.39 is 11.9 Å². The van der Waals surface area contributed by atoms with Crippen LogP contribution < -0.4 is 15.0 Å². The van der Waals surface area contributed by atoms with Crippen molar-refractivity contribution in [2.45, 2.75) is 17.4 Å². The number of nitrogens with zero attached hydrogens (tertiary/aromatic N) is 1. The van der Waals surface area contributed by atoms with Crippen molar-refractivity contribution in [2.75, 3.05) is 27.0 Å². The standard InChI is InChI=1S/C14H18N2O5S/c1-20-10-6-8(7-11(22-3)12(10)21-2)14(18)16-5-4-9(16)13(17)15-19/h6-7,9,19H,4-5H2,1-3H3,(H,15,17)/t9-/m1/s1. The highest BCUT2D eigenvalue weighted by Crippen LogP contribution is 2.38. The molecule has 2 rings (SSSR count). The Labute approximate surface area is 132 Å². The summed E-state index contributed by atoms with van der Waals surface area (Å²) >= 11 is 1.44. The predicted octanol–water partition coefficient (Wildman–Crippen LogP) is 1.15. The predicted molar refractivity (Wildman–Crippen MR) is 80.7 cm³/mol. The fraction of sp³-hybridized carbons (Fsp3) is 0.429. The van der Waals surface area contributed by atoms with E-state index in [0.717, 1.165) is 4.90 Å². The normalized spacial score (nSPS) is 16.7. The first-order valence-electron chi connectivity index (χ1n) is 6.62. The molecule has 1 aliphatic rings. The number of amides is 2. The van der Waals surface area contributed by atoms with Crippen LogP contribution in [0.2, 0.25) is 0 Å². The van der Waals surface area contributed by atoms with Gasteiger partial charge in [0, 0.05) is 12.1 Å². The lowest BCUT2D eigenvalue weighted by atomic mass is 10.0. The molecule has 8 heteroatoms. The number of nitrogens with one attached hydrogen (secondary N) is 1. The Kier molecular flexibility index (Phi) is 5.15. The molecule has 1 atom stereocenters. The number of hydrogen-bond donors (Lipinski definition) is 2. The van der Waals surface area contributed by atoms with Crippen LogP contribution in [0.5, 0.6) is 11.5 Å². The molecule has 2 amide bonds. The summed E-state index contributed by atoms with van der Waals surface area (Å²) in [6.45, 7) is 0.472. The van der Waals surface area contributed by atoms with Crippen LogP contribution >= 0.6 is 11.8 Å². The third-order valence-corrected chi connectivity index (χ3v) is 4.35. The van der Waals surface area contributed by atoms with Crippen LogP contribution in [0.25, 0.3) is 0 Å². The maximum absolute atomic E-state index is 12.6. The second-order valence-electron chi connectivity index (χ2n) is 4.69. The highest BCUT2D eigenvalue weighted by molar-refractivity contribution is 7.98. The third kappa shape index (κ3) is 2.84. The molecule has 0 aliphatic carbocycles. The SMILES string of the molecule is COc1cc(C(=O)N2CC[C@@H]2C(=O)NO)cc(SC)c1OC. The number of rotatable bonds is 5. The first-order chi connectivity index (χ1) is 10.6. The molecule has 1 heterocycles. The second kappa shape index (κ2) is 6.89. The summed E-state index contributed by atoms with van der Waals surface area (Å²) < 4.78 is 10.6. The lowest BCUT2D eigenvalue weighted by Gasteiger charge is -2.39. The van der Waals surface area contributed by atoms with Gasteiger partial charge in [0.25, 0.3) is 11.8 Å². The molecule has 0 unspecified atom stereocenters. The average molecular weight is 326 g/mol. The summed E-state index contributed by atoms with van der Waals surface area (Å²) in [4.78, 5) is 26.2. The molecule has 2 N–H and O–H groups in total. The maximum atomic E-state index is 12.6. The third-order valence-electron chi connectivity index (χ3n) is 3.61. The van der Waals surface area contributed by atoms with Crippen LogP contribution in [0.1, 0.15) is 16.8 Å². The molecule has 1 aromatic carbocycles. The Morgan fingerprint density at radius 3 is 2.55 bits per heavy atom. The molecular weight excluding hydrogens is 308 g/mol. The molecule has 0 saturated carbocycles. The van der Waals surface area contributed by atoms with Crippen molar-refractivity contribution in [1.29, 1.82) is 0 Å². The summed E-state index contributed by atoms with van der Waals surface area (Å²) in [7, 11) is 3.04. The largest absolute Gasteiger partial charge is 0.493 e. The molecule has 1 fully saturated rings. The van der Waals surface area contributed by atoms with Gasteiger partial charge in [-0.3, -0.25) is 14.8 Å². The summed E-state index contributed by atoms with van der Waals surface area (Å²) in [6, 6.07) is 2.66. The number of hydroxylamine groups is 1. The molecule has 1 aromatic rings. The molecule has 22 heavy (non-hydrogen) atoms. The van der Waals surface area contributed by atoms with E-state index in [-0.39, 0.29) is 5.91 Å². The Bertz CT molecular complexity index is 568. The molecule has 1 aliphatic heterocycles. The lowest BCUT2D eigenvalue weighted by Crippen LogP contribution is -2.57. The van der Waals surface area contributed by atoms with Crippen LogP contribution in [-0.2, 0) is 4.79 Å². The number of likely N-dealkylation sites (tertiary alicyclic amines) is 1. The zero-order chi connectivity index (χ0) is 16.3. The van der Waals surface area contributed by atoms with E-state index in [1.165, 1.54) is 30.9 Å². The van der Waals surface area contributed by atoms with Crippen LogP contribution in [0.15, 0.2) is 17.0 Å². The maximum Gasteiger partial charge on any atom is 0.266 e. The van der Waals surface area contributed by atoms with Gasteiger partial charge >= 0.3 is 0 Å². The molecular formula is C14H18N2O5S. The summed E-state index contributed by atoms with van der Waals surface area (Å²) in [6.07, 6.45) is 2.40. The molecule has 0 radical (unpaired) electrons. The van der Waals surface area contributed by atoms with E-state index in [1.54, 1.807) is 17.6 Å². The van der Waals surface area contributed by atoms with E-state index in [2.05, 4.69) is 0 Å². The number of hydrogen-bond acceptors (Lipinski definition) is 6. The van der Waals surface area contributed by atoms with Crippen molar-refractivity contribution in [2.24, 2.45) is 0 Å². The lowest BCUT2D eigenvalue weighted by molar-refractivity contribution is -0.137. The van der Waals surface area contributed by atoms with Gasteiger partial charge < -0.3 is 14.4 Å². The highest BCUT2D eigenvalue weighted by atomic mass is 32.2. The van der Waals surface area contributed by atoms with Gasteiger partial charge in [0.15, 0.2) is 11.5 Å². The average Bonchev–Trinajstić information content (AvgIpc) is 2.51. The Morgan fingerprint density at radius 1 is 1.36 bits per heavy atom. The van der Waals surface area contributed by atoms with Gasteiger partial charge in [-0.15, -0.1) is 11.8 Å². The fourth-order valence-corrected chi connectivity index (χ4v) is 2.96. The molecule has 0 aromatic heterocycles. The first kappa shape index (κ1) is 16.4. The number of thioether (sulfide) groups is 1. The van der Waals surface area contributed by atoms with Gasteiger partial charge in [-0.25, -0.2) is 5.48 Å². The van der Waals surface area contributed by atoms with E-state index in [0.29, 0.717) is 30.0 Å².